The summed E-state index contributed by atoms with van der Waals surface area (Å²) in [6.45, 7) is 0.318. The Hall–Kier alpha value is -1.25. The van der Waals surface area contributed by atoms with Crippen molar-refractivity contribution >= 4 is 33.4 Å². The van der Waals surface area contributed by atoms with Gasteiger partial charge in [-0.1, -0.05) is 0 Å². The number of carbonyl (C=O) groups is 1. The second-order valence-electron chi connectivity index (χ2n) is 4.34. The molecule has 0 fully saturated rings. The van der Waals surface area contributed by atoms with E-state index in [1.807, 2.05) is 6.26 Å². The fourth-order valence-electron chi connectivity index (χ4n) is 1.70. The Balaban J connectivity index is 2.91. The monoisotopic (exact) mass is 332 g/mol. The number of nitrogens with two attached hydrogens (primary N) is 1. The maximum absolute atomic E-state index is 12.3. The highest BCUT2D eigenvalue weighted by molar-refractivity contribution is 7.98. The highest BCUT2D eigenvalue weighted by Gasteiger charge is 2.22. The summed E-state index contributed by atoms with van der Waals surface area (Å²) in [7, 11) is -2.59. The number of rotatable bonds is 8. The Morgan fingerprint density at radius 3 is 2.71 bits per heavy atom. The van der Waals surface area contributed by atoms with Crippen molar-refractivity contribution in [3.05, 3.63) is 23.8 Å². The number of sulfonamides is 1. The number of methoxy groups -OCH3 is 1. The van der Waals surface area contributed by atoms with Crippen LogP contribution in [0.5, 0.6) is 0 Å². The van der Waals surface area contributed by atoms with Crippen molar-refractivity contribution in [1.82, 2.24) is 4.72 Å². The second-order valence-corrected chi connectivity index (χ2v) is 7.07. The minimum absolute atomic E-state index is 0.0247. The summed E-state index contributed by atoms with van der Waals surface area (Å²) in [4.78, 5) is 11.5. The van der Waals surface area contributed by atoms with Gasteiger partial charge >= 0.3 is 5.97 Å². The molecule has 0 aliphatic carbocycles. The van der Waals surface area contributed by atoms with Gasteiger partial charge in [0.15, 0.2) is 0 Å². The lowest BCUT2D eigenvalue weighted by Gasteiger charge is -2.11. The van der Waals surface area contributed by atoms with E-state index < -0.39 is 16.0 Å². The van der Waals surface area contributed by atoms with Crippen molar-refractivity contribution in [3.63, 3.8) is 0 Å². The summed E-state index contributed by atoms with van der Waals surface area (Å²) in [5, 5.41) is 0. The van der Waals surface area contributed by atoms with E-state index in [4.69, 9.17) is 5.73 Å². The van der Waals surface area contributed by atoms with Crippen molar-refractivity contribution in [2.45, 2.75) is 17.7 Å². The van der Waals surface area contributed by atoms with Crippen LogP contribution in [0.25, 0.3) is 0 Å². The molecule has 0 atom stereocenters. The predicted octanol–water partition coefficient (Wildman–Crippen LogP) is 1.48. The van der Waals surface area contributed by atoms with E-state index in [1.54, 1.807) is 11.8 Å². The minimum Gasteiger partial charge on any atom is -0.465 e. The Morgan fingerprint density at radius 1 is 1.38 bits per heavy atom. The topological polar surface area (TPSA) is 98.5 Å². The average Bonchev–Trinajstić information content (AvgIpc) is 2.46. The number of thioether (sulfide) groups is 1. The Bertz CT molecular complexity index is 588. The maximum atomic E-state index is 12.3. The molecule has 3 N–H and O–H groups in total. The number of nitrogens with one attached hydrogen (secondary N) is 1. The molecule has 0 amide bonds. The van der Waals surface area contributed by atoms with E-state index in [1.165, 1.54) is 25.3 Å². The van der Waals surface area contributed by atoms with Crippen LogP contribution in [0.2, 0.25) is 0 Å². The van der Waals surface area contributed by atoms with Crippen molar-refractivity contribution in [2.24, 2.45) is 0 Å². The standard InChI is InChI=1S/C13H20N2O4S2/c1-19-13(16)11-6-5-10(14)9-12(11)21(17,18)15-7-3-4-8-20-2/h5-6,9,15H,3-4,7-8,14H2,1-2H3. The van der Waals surface area contributed by atoms with Gasteiger partial charge in [0.1, 0.15) is 0 Å². The van der Waals surface area contributed by atoms with Crippen LogP contribution in [0.1, 0.15) is 23.2 Å². The molecule has 0 spiro atoms. The third kappa shape index (κ3) is 5.22. The van der Waals surface area contributed by atoms with Crippen LogP contribution >= 0.6 is 11.8 Å². The number of anilines is 1. The van der Waals surface area contributed by atoms with Crippen LogP contribution in [-0.2, 0) is 14.8 Å². The number of nitrogen functional groups attached to an aromatic ring is 1. The van der Waals surface area contributed by atoms with E-state index in [-0.39, 0.29) is 16.1 Å². The largest absolute Gasteiger partial charge is 0.465 e. The number of carbonyl (C=O) groups excluding carboxylic acids is 1. The van der Waals surface area contributed by atoms with E-state index >= 15 is 0 Å². The molecule has 1 aromatic rings. The molecule has 0 unspecified atom stereocenters. The lowest BCUT2D eigenvalue weighted by molar-refractivity contribution is 0.0596. The quantitative estimate of drug-likeness (QED) is 0.425. The van der Waals surface area contributed by atoms with Crippen LogP contribution in [0.15, 0.2) is 23.1 Å². The maximum Gasteiger partial charge on any atom is 0.339 e. The summed E-state index contributed by atoms with van der Waals surface area (Å²) in [5.74, 6) is 0.269. The fourth-order valence-corrected chi connectivity index (χ4v) is 3.49. The van der Waals surface area contributed by atoms with Crippen molar-refractivity contribution in [2.75, 3.05) is 31.4 Å². The zero-order valence-corrected chi connectivity index (χ0v) is 13.7. The molecule has 0 aliphatic rings. The van der Waals surface area contributed by atoms with E-state index in [0.29, 0.717) is 6.54 Å². The molecule has 0 saturated heterocycles. The normalized spacial score (nSPS) is 11.3. The molecule has 8 heteroatoms. The first kappa shape index (κ1) is 17.8. The highest BCUT2D eigenvalue weighted by Crippen LogP contribution is 2.20. The zero-order valence-electron chi connectivity index (χ0n) is 12.1. The summed E-state index contributed by atoms with van der Waals surface area (Å²) in [6, 6.07) is 4.07. The molecule has 0 radical (unpaired) electrons. The fraction of sp³-hybridized carbons (Fsp3) is 0.462. The lowest BCUT2D eigenvalue weighted by Crippen LogP contribution is -2.27. The van der Waals surface area contributed by atoms with Crippen LogP contribution in [0.4, 0.5) is 5.69 Å². The van der Waals surface area contributed by atoms with Crippen LogP contribution in [0.3, 0.4) is 0 Å². The number of ether oxygens (including phenoxy) is 1. The van der Waals surface area contributed by atoms with Gasteiger partial charge in [0.05, 0.1) is 17.6 Å². The van der Waals surface area contributed by atoms with E-state index in [2.05, 4.69) is 9.46 Å². The molecule has 118 valence electrons. The molecule has 1 rings (SSSR count). The van der Waals surface area contributed by atoms with Crippen LogP contribution in [0, 0.1) is 0 Å². The van der Waals surface area contributed by atoms with Gasteiger partial charge in [-0.15, -0.1) is 0 Å². The number of esters is 1. The van der Waals surface area contributed by atoms with Crippen LogP contribution in [-0.4, -0.2) is 40.1 Å². The molecule has 0 bridgehead atoms. The van der Waals surface area contributed by atoms with Crippen LogP contribution < -0.4 is 10.5 Å². The first-order valence-electron chi connectivity index (χ1n) is 6.39. The molecular formula is C13H20N2O4S2. The molecule has 0 heterocycles. The molecular weight excluding hydrogens is 312 g/mol. The van der Waals surface area contributed by atoms with E-state index in [9.17, 15) is 13.2 Å². The van der Waals surface area contributed by atoms with Gasteiger partial charge in [0.25, 0.3) is 0 Å². The van der Waals surface area contributed by atoms with Gasteiger partial charge in [-0.2, -0.15) is 11.8 Å². The average molecular weight is 332 g/mol. The Kier molecular flexibility index (Phi) is 7.00. The molecule has 6 nitrogen and oxygen atoms in total. The van der Waals surface area contributed by atoms with Gasteiger partial charge < -0.3 is 10.5 Å². The molecule has 1 aromatic carbocycles. The molecule has 21 heavy (non-hydrogen) atoms. The summed E-state index contributed by atoms with van der Waals surface area (Å²) < 4.78 is 31.6. The smallest absolute Gasteiger partial charge is 0.339 e. The number of benzene rings is 1. The zero-order chi connectivity index (χ0) is 15.9. The van der Waals surface area contributed by atoms with Crippen molar-refractivity contribution < 1.29 is 17.9 Å². The van der Waals surface area contributed by atoms with Gasteiger partial charge in [-0.05, 0) is 43.0 Å². The van der Waals surface area contributed by atoms with Crippen molar-refractivity contribution in [3.8, 4) is 0 Å². The highest BCUT2D eigenvalue weighted by atomic mass is 32.2. The Morgan fingerprint density at radius 2 is 2.10 bits per heavy atom. The molecule has 0 aliphatic heterocycles. The first-order chi connectivity index (χ1) is 9.92. The van der Waals surface area contributed by atoms with Crippen molar-refractivity contribution in [1.29, 1.82) is 0 Å². The third-order valence-electron chi connectivity index (χ3n) is 2.77. The lowest BCUT2D eigenvalue weighted by atomic mass is 10.2. The Labute approximate surface area is 129 Å². The first-order valence-corrected chi connectivity index (χ1v) is 9.26. The summed E-state index contributed by atoms with van der Waals surface area (Å²) >= 11 is 1.71. The minimum atomic E-state index is -3.79. The van der Waals surface area contributed by atoms with Gasteiger partial charge in [0, 0.05) is 12.2 Å². The predicted molar refractivity (Wildman–Crippen MR) is 85.0 cm³/mol. The van der Waals surface area contributed by atoms with E-state index in [0.717, 1.165) is 18.6 Å². The molecule has 0 saturated carbocycles. The number of hydrogen-bond donors (Lipinski definition) is 2. The summed E-state index contributed by atoms with van der Waals surface area (Å²) in [5.41, 5.74) is 5.86. The second kappa shape index (κ2) is 8.26. The number of hydrogen-bond acceptors (Lipinski definition) is 6. The summed E-state index contributed by atoms with van der Waals surface area (Å²) in [6.07, 6.45) is 3.65. The third-order valence-corrected chi connectivity index (χ3v) is 4.97. The number of unbranched alkanes of at least 4 members (excludes halogenated alkanes) is 1. The van der Waals surface area contributed by atoms with Gasteiger partial charge in [0.2, 0.25) is 10.0 Å². The molecule has 0 aromatic heterocycles. The van der Waals surface area contributed by atoms with Gasteiger partial charge in [-0.25, -0.2) is 17.9 Å². The van der Waals surface area contributed by atoms with Gasteiger partial charge in [-0.3, -0.25) is 0 Å². The SMILES string of the molecule is COC(=O)c1ccc(N)cc1S(=O)(=O)NCCCCSC.